The summed E-state index contributed by atoms with van der Waals surface area (Å²) in [4.78, 5) is 2.27. The van der Waals surface area contributed by atoms with Crippen LogP contribution < -0.4 is 5.32 Å². The van der Waals surface area contributed by atoms with Gasteiger partial charge >= 0.3 is 0 Å². The fourth-order valence-corrected chi connectivity index (χ4v) is 2.98. The van der Waals surface area contributed by atoms with Gasteiger partial charge in [0, 0.05) is 29.2 Å². The second-order valence-electron chi connectivity index (χ2n) is 5.46. The summed E-state index contributed by atoms with van der Waals surface area (Å²) in [7, 11) is 0. The van der Waals surface area contributed by atoms with Crippen LogP contribution in [0, 0.1) is 5.82 Å². The molecule has 2 rings (SSSR count). The maximum atomic E-state index is 13.7. The van der Waals surface area contributed by atoms with Crippen molar-refractivity contribution in [2.24, 2.45) is 0 Å². The zero-order chi connectivity index (χ0) is 14.5. The van der Waals surface area contributed by atoms with E-state index in [0.717, 1.165) is 17.6 Å². The van der Waals surface area contributed by atoms with E-state index in [1.165, 1.54) is 18.9 Å². The molecule has 20 heavy (non-hydrogen) atoms. The third-order valence-electron chi connectivity index (χ3n) is 3.75. The number of nitrogens with one attached hydrogen (secondary N) is 1. The van der Waals surface area contributed by atoms with Crippen LogP contribution in [0.15, 0.2) is 22.7 Å². The number of β-amino-alcohol motifs (C(OH)–C–C–N with tert-alkyl or cyclic N) is 1. The molecule has 0 aromatic heterocycles. The minimum atomic E-state index is -0.411. The number of aliphatic hydroxyl groups is 1. The fraction of sp³-hybridized carbons (Fsp3) is 0.600. The molecule has 112 valence electrons. The van der Waals surface area contributed by atoms with E-state index in [4.69, 9.17) is 0 Å². The first kappa shape index (κ1) is 15.9. The molecule has 1 fully saturated rings. The lowest BCUT2D eigenvalue weighted by atomic mass is 10.1. The molecule has 0 spiro atoms. The molecule has 0 radical (unpaired) electrons. The second-order valence-corrected chi connectivity index (χ2v) is 6.37. The molecule has 2 unspecified atom stereocenters. The molecule has 2 N–H and O–H groups in total. The Morgan fingerprint density at radius 3 is 2.80 bits per heavy atom. The van der Waals surface area contributed by atoms with Crippen LogP contribution in [0.5, 0.6) is 0 Å². The van der Waals surface area contributed by atoms with E-state index in [1.807, 2.05) is 6.92 Å². The van der Waals surface area contributed by atoms with E-state index in [-0.39, 0.29) is 11.9 Å². The first-order valence-electron chi connectivity index (χ1n) is 7.15. The number of hydrogen-bond donors (Lipinski definition) is 2. The van der Waals surface area contributed by atoms with E-state index in [2.05, 4.69) is 26.1 Å². The highest BCUT2D eigenvalue weighted by molar-refractivity contribution is 9.10. The van der Waals surface area contributed by atoms with Gasteiger partial charge in [-0.15, -0.1) is 0 Å². The molecule has 0 saturated carbocycles. The largest absolute Gasteiger partial charge is 0.390 e. The lowest BCUT2D eigenvalue weighted by Crippen LogP contribution is -2.38. The predicted molar refractivity (Wildman–Crippen MR) is 82.2 cm³/mol. The van der Waals surface area contributed by atoms with Crippen LogP contribution >= 0.6 is 15.9 Å². The Kier molecular flexibility index (Phi) is 5.96. The summed E-state index contributed by atoms with van der Waals surface area (Å²) in [5, 5.41) is 13.2. The van der Waals surface area contributed by atoms with Crippen LogP contribution in [0.3, 0.4) is 0 Å². The smallest absolute Gasteiger partial charge is 0.128 e. The first-order valence-corrected chi connectivity index (χ1v) is 7.94. The summed E-state index contributed by atoms with van der Waals surface area (Å²) >= 11 is 3.35. The number of hydrogen-bond acceptors (Lipinski definition) is 3. The summed E-state index contributed by atoms with van der Waals surface area (Å²) < 4.78 is 14.6. The van der Waals surface area contributed by atoms with Gasteiger partial charge in [-0.25, -0.2) is 4.39 Å². The van der Waals surface area contributed by atoms with Gasteiger partial charge in [0.1, 0.15) is 5.82 Å². The maximum Gasteiger partial charge on any atom is 0.128 e. The van der Waals surface area contributed by atoms with Gasteiger partial charge in [0.15, 0.2) is 0 Å². The maximum absolute atomic E-state index is 13.7. The standard InChI is InChI=1S/C15H22BrFN2O/c1-11(14-8-12(16)4-5-15(14)17)18-9-13(20)10-19-6-2-3-7-19/h4-5,8,11,13,18,20H,2-3,6-7,9-10H2,1H3. The summed E-state index contributed by atoms with van der Waals surface area (Å²) in [6, 6.07) is 4.80. The highest BCUT2D eigenvalue weighted by atomic mass is 79.9. The van der Waals surface area contributed by atoms with Crippen LogP contribution in [0.4, 0.5) is 4.39 Å². The van der Waals surface area contributed by atoms with Crippen LogP contribution in [-0.2, 0) is 0 Å². The van der Waals surface area contributed by atoms with E-state index < -0.39 is 6.10 Å². The molecule has 1 aromatic rings. The van der Waals surface area contributed by atoms with Gasteiger partial charge < -0.3 is 15.3 Å². The average molecular weight is 345 g/mol. The Hall–Kier alpha value is -0.490. The van der Waals surface area contributed by atoms with Gasteiger partial charge in [0.25, 0.3) is 0 Å². The Bertz CT molecular complexity index is 438. The van der Waals surface area contributed by atoms with Crippen molar-refractivity contribution in [3.8, 4) is 0 Å². The van der Waals surface area contributed by atoms with Crippen molar-refractivity contribution in [1.82, 2.24) is 10.2 Å². The molecule has 1 aliphatic rings. The highest BCUT2D eigenvalue weighted by Gasteiger charge is 2.17. The summed E-state index contributed by atoms with van der Waals surface area (Å²) in [5.74, 6) is -0.220. The van der Waals surface area contributed by atoms with Crippen LogP contribution in [0.2, 0.25) is 0 Å². The molecule has 1 aromatic carbocycles. The van der Waals surface area contributed by atoms with E-state index in [9.17, 15) is 9.50 Å². The van der Waals surface area contributed by atoms with Gasteiger partial charge in [-0.05, 0) is 51.1 Å². The van der Waals surface area contributed by atoms with Crippen molar-refractivity contribution in [2.75, 3.05) is 26.2 Å². The lowest BCUT2D eigenvalue weighted by Gasteiger charge is -2.22. The van der Waals surface area contributed by atoms with Crippen molar-refractivity contribution >= 4 is 15.9 Å². The van der Waals surface area contributed by atoms with Crippen molar-refractivity contribution < 1.29 is 9.50 Å². The molecule has 1 saturated heterocycles. The molecule has 0 amide bonds. The monoisotopic (exact) mass is 344 g/mol. The molecule has 1 heterocycles. The quantitative estimate of drug-likeness (QED) is 0.832. The molecule has 5 heteroatoms. The Morgan fingerprint density at radius 2 is 2.10 bits per heavy atom. The predicted octanol–water partition coefficient (Wildman–Crippen LogP) is 2.70. The van der Waals surface area contributed by atoms with Gasteiger partial charge in [0.05, 0.1) is 6.10 Å². The van der Waals surface area contributed by atoms with Gasteiger partial charge in [-0.1, -0.05) is 15.9 Å². The third kappa shape index (κ3) is 4.52. The third-order valence-corrected chi connectivity index (χ3v) is 4.25. The SMILES string of the molecule is CC(NCC(O)CN1CCCC1)c1cc(Br)ccc1F. The van der Waals surface area contributed by atoms with Crippen LogP contribution in [-0.4, -0.2) is 42.3 Å². The van der Waals surface area contributed by atoms with E-state index in [0.29, 0.717) is 18.7 Å². The summed E-state index contributed by atoms with van der Waals surface area (Å²) in [6.45, 7) is 5.23. The number of rotatable bonds is 6. The zero-order valence-corrected chi connectivity index (χ0v) is 13.4. The summed E-state index contributed by atoms with van der Waals surface area (Å²) in [5.41, 5.74) is 0.618. The molecule has 0 aliphatic carbocycles. The Morgan fingerprint density at radius 1 is 1.40 bits per heavy atom. The average Bonchev–Trinajstić information content (AvgIpc) is 2.91. The summed E-state index contributed by atoms with van der Waals surface area (Å²) in [6.07, 6.45) is 2.03. The number of benzene rings is 1. The van der Waals surface area contributed by atoms with Crippen LogP contribution in [0.25, 0.3) is 0 Å². The first-order chi connectivity index (χ1) is 9.56. The minimum absolute atomic E-state index is 0.124. The van der Waals surface area contributed by atoms with Crippen molar-refractivity contribution in [1.29, 1.82) is 0 Å². The zero-order valence-electron chi connectivity index (χ0n) is 11.8. The highest BCUT2D eigenvalue weighted by Crippen LogP contribution is 2.21. The molecular formula is C15H22BrFN2O. The van der Waals surface area contributed by atoms with Crippen molar-refractivity contribution in [3.63, 3.8) is 0 Å². The lowest BCUT2D eigenvalue weighted by molar-refractivity contribution is 0.121. The molecular weight excluding hydrogens is 323 g/mol. The number of aliphatic hydroxyl groups excluding tert-OH is 1. The molecule has 1 aliphatic heterocycles. The van der Waals surface area contributed by atoms with Crippen LogP contribution in [0.1, 0.15) is 31.4 Å². The number of nitrogens with zero attached hydrogens (tertiary/aromatic N) is 1. The molecule has 2 atom stereocenters. The Labute approximate surface area is 128 Å². The number of halogens is 2. The van der Waals surface area contributed by atoms with Gasteiger partial charge in [0.2, 0.25) is 0 Å². The second kappa shape index (κ2) is 7.50. The molecule has 0 bridgehead atoms. The Balaban J connectivity index is 1.81. The van der Waals surface area contributed by atoms with Crippen molar-refractivity contribution in [2.45, 2.75) is 31.9 Å². The number of likely N-dealkylation sites (tertiary alicyclic amines) is 1. The normalized spacial score (nSPS) is 19.2. The van der Waals surface area contributed by atoms with E-state index >= 15 is 0 Å². The minimum Gasteiger partial charge on any atom is -0.390 e. The van der Waals surface area contributed by atoms with Crippen molar-refractivity contribution in [3.05, 3.63) is 34.1 Å². The van der Waals surface area contributed by atoms with Gasteiger partial charge in [-0.3, -0.25) is 0 Å². The topological polar surface area (TPSA) is 35.5 Å². The van der Waals surface area contributed by atoms with Gasteiger partial charge in [-0.2, -0.15) is 0 Å². The fourth-order valence-electron chi connectivity index (χ4n) is 2.60. The van der Waals surface area contributed by atoms with E-state index in [1.54, 1.807) is 12.1 Å². The molecule has 3 nitrogen and oxygen atoms in total.